The Morgan fingerprint density at radius 3 is 2.54 bits per heavy atom. The highest BCUT2D eigenvalue weighted by Crippen LogP contribution is 2.35. The van der Waals surface area contributed by atoms with Gasteiger partial charge >= 0.3 is 6.18 Å². The van der Waals surface area contributed by atoms with Crippen molar-refractivity contribution in [2.45, 2.75) is 19.7 Å². The molecule has 10 heteroatoms. The summed E-state index contributed by atoms with van der Waals surface area (Å²) in [6, 6.07) is 22.1. The van der Waals surface area contributed by atoms with E-state index in [-0.39, 0.29) is 23.4 Å². The minimum atomic E-state index is -4.58. The second kappa shape index (κ2) is 11.5. The average Bonchev–Trinajstić information content (AvgIpc) is 2.95. The second-order valence-electron chi connectivity index (χ2n) is 9.20. The Balaban J connectivity index is 1.64. The van der Waals surface area contributed by atoms with Gasteiger partial charge in [0.1, 0.15) is 6.61 Å². The van der Waals surface area contributed by atoms with Gasteiger partial charge in [0.2, 0.25) is 0 Å². The van der Waals surface area contributed by atoms with Crippen LogP contribution < -0.4 is 15.0 Å². The largest absolute Gasteiger partial charge is 0.493 e. The number of rotatable bonds is 7. The molecule has 5 aromatic rings. The van der Waals surface area contributed by atoms with Gasteiger partial charge in [-0.3, -0.25) is 4.79 Å². The molecular formula is C31H23ClF3N3O3. The first kappa shape index (κ1) is 27.9. The van der Waals surface area contributed by atoms with E-state index in [0.717, 1.165) is 27.9 Å². The zero-order chi connectivity index (χ0) is 29.1. The summed E-state index contributed by atoms with van der Waals surface area (Å²) in [6.45, 7) is 2.19. The number of aromatic nitrogens is 2. The third-order valence-corrected chi connectivity index (χ3v) is 6.47. The molecule has 0 saturated heterocycles. The van der Waals surface area contributed by atoms with Crippen LogP contribution in [0.2, 0.25) is 5.02 Å². The fourth-order valence-corrected chi connectivity index (χ4v) is 4.54. The highest BCUT2D eigenvalue weighted by atomic mass is 35.5. The van der Waals surface area contributed by atoms with Crippen LogP contribution in [-0.2, 0) is 12.8 Å². The molecule has 5 rings (SSSR count). The third kappa shape index (κ3) is 6.10. The van der Waals surface area contributed by atoms with E-state index in [1.807, 2.05) is 31.2 Å². The first-order valence-corrected chi connectivity index (χ1v) is 12.8. The lowest BCUT2D eigenvalue weighted by Gasteiger charge is -2.15. The summed E-state index contributed by atoms with van der Waals surface area (Å²) in [6.07, 6.45) is -3.24. The van der Waals surface area contributed by atoms with E-state index in [4.69, 9.17) is 21.1 Å². The predicted molar refractivity (Wildman–Crippen MR) is 153 cm³/mol. The standard InChI is InChI=1S/C31H23ClF3N3O3/c1-19-7-5-8-20(13-19)18-41-28-22(15-24(32)16-27(28)40-2)17-36-38-29(21-9-6-10-23(14-21)31(33,34)35)37-26-12-4-3-11-25(26)30(38)39/h3-17H,18H2,1-2H3. The summed E-state index contributed by atoms with van der Waals surface area (Å²) >= 11 is 6.33. The normalized spacial score (nSPS) is 11.8. The first-order valence-electron chi connectivity index (χ1n) is 12.4. The maximum absolute atomic E-state index is 13.5. The highest BCUT2D eigenvalue weighted by Gasteiger charge is 2.31. The number of hydrogen-bond acceptors (Lipinski definition) is 5. The van der Waals surface area contributed by atoms with E-state index >= 15 is 0 Å². The first-order chi connectivity index (χ1) is 19.6. The van der Waals surface area contributed by atoms with Gasteiger partial charge in [-0.2, -0.15) is 22.9 Å². The molecule has 4 aromatic carbocycles. The third-order valence-electron chi connectivity index (χ3n) is 6.25. The zero-order valence-electron chi connectivity index (χ0n) is 21.9. The van der Waals surface area contributed by atoms with Gasteiger partial charge in [-0.15, -0.1) is 0 Å². The number of para-hydroxylation sites is 1. The number of ether oxygens (including phenoxy) is 2. The number of nitrogens with zero attached hydrogens (tertiary/aromatic N) is 3. The zero-order valence-corrected chi connectivity index (χ0v) is 22.7. The number of aryl methyl sites for hydroxylation is 1. The summed E-state index contributed by atoms with van der Waals surface area (Å²) in [4.78, 5) is 18.0. The SMILES string of the molecule is COc1cc(Cl)cc(C=Nn2c(-c3cccc(C(F)(F)F)c3)nc3ccccc3c2=O)c1OCc1cccc(C)c1. The lowest BCUT2D eigenvalue weighted by molar-refractivity contribution is -0.137. The minimum absolute atomic E-state index is 0.0627. The van der Waals surface area contributed by atoms with E-state index in [0.29, 0.717) is 27.6 Å². The maximum atomic E-state index is 13.5. The smallest absolute Gasteiger partial charge is 0.416 e. The molecule has 0 unspecified atom stereocenters. The number of halogens is 4. The summed E-state index contributed by atoms with van der Waals surface area (Å²) in [5.74, 6) is 0.602. The molecule has 6 nitrogen and oxygen atoms in total. The molecule has 0 bridgehead atoms. The molecule has 0 spiro atoms. The van der Waals surface area contributed by atoms with E-state index in [1.165, 1.54) is 25.5 Å². The average molecular weight is 578 g/mol. The lowest BCUT2D eigenvalue weighted by atomic mass is 10.1. The molecule has 41 heavy (non-hydrogen) atoms. The predicted octanol–water partition coefficient (Wildman–Crippen LogP) is 7.51. The molecule has 208 valence electrons. The van der Waals surface area contributed by atoms with E-state index in [1.54, 1.807) is 36.4 Å². The Labute approximate surface area is 238 Å². The fourth-order valence-electron chi connectivity index (χ4n) is 4.32. The van der Waals surface area contributed by atoms with Gasteiger partial charge in [0.25, 0.3) is 5.56 Å². The van der Waals surface area contributed by atoms with Crippen molar-refractivity contribution in [3.05, 3.63) is 123 Å². The van der Waals surface area contributed by atoms with Crippen molar-refractivity contribution in [3.63, 3.8) is 0 Å². The highest BCUT2D eigenvalue weighted by molar-refractivity contribution is 6.31. The van der Waals surface area contributed by atoms with Gasteiger partial charge in [-0.1, -0.05) is 65.7 Å². The van der Waals surface area contributed by atoms with Crippen molar-refractivity contribution < 1.29 is 22.6 Å². The van der Waals surface area contributed by atoms with Gasteiger partial charge in [-0.25, -0.2) is 4.98 Å². The summed E-state index contributed by atoms with van der Waals surface area (Å²) in [7, 11) is 1.47. The monoisotopic (exact) mass is 577 g/mol. The molecular weight excluding hydrogens is 555 g/mol. The minimum Gasteiger partial charge on any atom is -0.493 e. The maximum Gasteiger partial charge on any atom is 0.416 e. The van der Waals surface area contributed by atoms with Crippen LogP contribution in [0.4, 0.5) is 13.2 Å². The van der Waals surface area contributed by atoms with Crippen LogP contribution in [0.25, 0.3) is 22.3 Å². The summed E-state index contributed by atoms with van der Waals surface area (Å²) in [5.41, 5.74) is 1.34. The van der Waals surface area contributed by atoms with Crippen molar-refractivity contribution in [2.75, 3.05) is 7.11 Å². The molecule has 1 aromatic heterocycles. The molecule has 0 N–H and O–H groups in total. The lowest BCUT2D eigenvalue weighted by Crippen LogP contribution is -2.20. The van der Waals surface area contributed by atoms with Gasteiger partial charge in [0.15, 0.2) is 17.3 Å². The van der Waals surface area contributed by atoms with Crippen LogP contribution in [0.15, 0.2) is 94.8 Å². The quantitative estimate of drug-likeness (QED) is 0.188. The van der Waals surface area contributed by atoms with Crippen LogP contribution >= 0.6 is 11.6 Å². The van der Waals surface area contributed by atoms with Gasteiger partial charge in [-0.05, 0) is 42.8 Å². The fraction of sp³-hybridized carbons (Fsp3) is 0.129. The molecule has 0 fully saturated rings. The molecule has 0 radical (unpaired) electrons. The Bertz CT molecular complexity index is 1830. The molecule has 0 aliphatic rings. The van der Waals surface area contributed by atoms with E-state index in [2.05, 4.69) is 10.1 Å². The van der Waals surface area contributed by atoms with Crippen LogP contribution in [0, 0.1) is 6.92 Å². The Kier molecular flexibility index (Phi) is 7.81. The Morgan fingerprint density at radius 2 is 1.78 bits per heavy atom. The molecule has 0 aliphatic heterocycles. The Hall–Kier alpha value is -4.63. The number of methoxy groups -OCH3 is 1. The molecule has 1 heterocycles. The molecule has 0 amide bonds. The number of hydrogen-bond donors (Lipinski definition) is 0. The molecule has 0 saturated carbocycles. The number of benzene rings is 4. The van der Waals surface area contributed by atoms with E-state index < -0.39 is 17.3 Å². The van der Waals surface area contributed by atoms with Crippen LogP contribution in [0.1, 0.15) is 22.3 Å². The molecule has 0 aliphatic carbocycles. The van der Waals surface area contributed by atoms with Crippen molar-refractivity contribution in [3.8, 4) is 22.9 Å². The summed E-state index contributed by atoms with van der Waals surface area (Å²) in [5, 5.41) is 4.96. The van der Waals surface area contributed by atoms with Gasteiger partial charge < -0.3 is 9.47 Å². The second-order valence-corrected chi connectivity index (χ2v) is 9.63. The van der Waals surface area contributed by atoms with Crippen molar-refractivity contribution in [2.24, 2.45) is 5.10 Å². The number of fused-ring (bicyclic) bond motifs is 1. The number of alkyl halides is 3. The van der Waals surface area contributed by atoms with Crippen LogP contribution in [0.3, 0.4) is 0 Å². The Morgan fingerprint density at radius 1 is 1.00 bits per heavy atom. The van der Waals surface area contributed by atoms with Crippen molar-refractivity contribution in [1.82, 2.24) is 9.66 Å². The van der Waals surface area contributed by atoms with Crippen molar-refractivity contribution in [1.29, 1.82) is 0 Å². The molecule has 0 atom stereocenters. The van der Waals surface area contributed by atoms with Gasteiger partial charge in [0.05, 0.1) is 29.8 Å². The van der Waals surface area contributed by atoms with Crippen molar-refractivity contribution >= 4 is 28.7 Å². The topological polar surface area (TPSA) is 65.7 Å². The van der Waals surface area contributed by atoms with Crippen LogP contribution in [-0.4, -0.2) is 23.0 Å². The van der Waals surface area contributed by atoms with Crippen LogP contribution in [0.5, 0.6) is 11.5 Å². The van der Waals surface area contributed by atoms with Gasteiger partial charge in [0, 0.05) is 22.2 Å². The van der Waals surface area contributed by atoms with E-state index in [9.17, 15) is 18.0 Å². The summed E-state index contributed by atoms with van der Waals surface area (Å²) < 4.78 is 53.1.